The quantitative estimate of drug-likeness (QED) is 0.829. The number of pyridine rings is 1. The Morgan fingerprint density at radius 3 is 2.65 bits per heavy atom. The number of nitrogens with zero attached hydrogens (tertiary/aromatic N) is 2. The summed E-state index contributed by atoms with van der Waals surface area (Å²) in [4.78, 5) is 4.02. The Hall–Kier alpha value is -1.99. The van der Waals surface area contributed by atoms with Crippen molar-refractivity contribution in [3.8, 4) is 6.07 Å². The lowest BCUT2D eigenvalue weighted by Gasteiger charge is -2.03. The van der Waals surface area contributed by atoms with Gasteiger partial charge in [0.05, 0.1) is 22.1 Å². The van der Waals surface area contributed by atoms with E-state index in [4.69, 9.17) is 5.26 Å². The third-order valence-electron chi connectivity index (χ3n) is 2.25. The van der Waals surface area contributed by atoms with Crippen LogP contribution in [-0.4, -0.2) is 9.19 Å². The molecule has 0 aliphatic rings. The molecule has 0 bridgehead atoms. The Kier molecular flexibility index (Phi) is 3.63. The van der Waals surface area contributed by atoms with Crippen LogP contribution < -0.4 is 0 Å². The highest BCUT2D eigenvalue weighted by molar-refractivity contribution is 7.84. The summed E-state index contributed by atoms with van der Waals surface area (Å²) >= 11 is 0. The number of benzene rings is 1. The Morgan fingerprint density at radius 2 is 1.94 bits per heavy atom. The molecule has 0 saturated heterocycles. The van der Waals surface area contributed by atoms with E-state index in [0.29, 0.717) is 16.3 Å². The van der Waals surface area contributed by atoms with Crippen molar-refractivity contribution >= 4 is 10.8 Å². The van der Waals surface area contributed by atoms with Crippen LogP contribution in [0.5, 0.6) is 0 Å². The minimum absolute atomic E-state index is 0.360. The van der Waals surface area contributed by atoms with Crippen LogP contribution in [0.1, 0.15) is 11.1 Å². The molecule has 0 N–H and O–H groups in total. The van der Waals surface area contributed by atoms with E-state index in [9.17, 15) is 4.21 Å². The van der Waals surface area contributed by atoms with Crippen molar-refractivity contribution in [2.45, 2.75) is 10.8 Å². The van der Waals surface area contributed by atoms with Crippen LogP contribution in [0.15, 0.2) is 53.7 Å². The maximum atomic E-state index is 12.1. The molecule has 0 fully saturated rings. The highest BCUT2D eigenvalue weighted by Gasteiger charge is 2.11. The molecule has 1 heterocycles. The molecule has 1 aromatic heterocycles. The van der Waals surface area contributed by atoms with E-state index in [1.54, 1.807) is 18.3 Å². The van der Waals surface area contributed by atoms with E-state index in [-0.39, 0.29) is 0 Å². The molecule has 84 valence electrons. The van der Waals surface area contributed by atoms with E-state index >= 15 is 0 Å². The first-order valence-corrected chi connectivity index (χ1v) is 6.40. The highest BCUT2D eigenvalue weighted by atomic mass is 32.2. The lowest BCUT2D eigenvalue weighted by atomic mass is 10.2. The van der Waals surface area contributed by atoms with Gasteiger partial charge in [-0.1, -0.05) is 30.3 Å². The standard InChI is InChI=1S/C13H10N2OS/c14-9-12-7-4-8-15-13(12)17(16)10-11-5-2-1-3-6-11/h1-8H,10H2. The largest absolute Gasteiger partial charge is 0.252 e. The van der Waals surface area contributed by atoms with Crippen molar-refractivity contribution in [2.24, 2.45) is 0 Å². The second kappa shape index (κ2) is 5.37. The molecule has 0 amide bonds. The fourth-order valence-corrected chi connectivity index (χ4v) is 2.62. The van der Waals surface area contributed by atoms with Crippen LogP contribution in [0.4, 0.5) is 0 Å². The summed E-state index contributed by atoms with van der Waals surface area (Å²) in [6.45, 7) is 0. The number of rotatable bonds is 3. The second-order valence-electron chi connectivity index (χ2n) is 3.44. The van der Waals surface area contributed by atoms with E-state index in [0.717, 1.165) is 5.56 Å². The predicted octanol–water partition coefficient (Wildman–Crippen LogP) is 2.26. The lowest BCUT2D eigenvalue weighted by molar-refractivity contribution is 0.679. The molecule has 2 aromatic rings. The molecule has 0 saturated carbocycles. The van der Waals surface area contributed by atoms with Gasteiger partial charge in [-0.2, -0.15) is 5.26 Å². The monoisotopic (exact) mass is 242 g/mol. The van der Waals surface area contributed by atoms with Crippen molar-refractivity contribution in [3.63, 3.8) is 0 Å². The van der Waals surface area contributed by atoms with Crippen LogP contribution in [0.2, 0.25) is 0 Å². The Balaban J connectivity index is 2.24. The number of aromatic nitrogens is 1. The van der Waals surface area contributed by atoms with E-state index < -0.39 is 10.8 Å². The van der Waals surface area contributed by atoms with E-state index in [1.807, 2.05) is 36.4 Å². The zero-order chi connectivity index (χ0) is 12.1. The summed E-state index contributed by atoms with van der Waals surface area (Å²) in [5, 5.41) is 9.27. The van der Waals surface area contributed by atoms with Crippen molar-refractivity contribution in [1.82, 2.24) is 4.98 Å². The van der Waals surface area contributed by atoms with Gasteiger partial charge in [-0.05, 0) is 17.7 Å². The SMILES string of the molecule is N#Cc1cccnc1S(=O)Cc1ccccc1. The maximum Gasteiger partial charge on any atom is 0.145 e. The van der Waals surface area contributed by atoms with E-state index in [1.165, 1.54) is 0 Å². The van der Waals surface area contributed by atoms with Crippen molar-refractivity contribution in [1.29, 1.82) is 5.26 Å². The first-order chi connectivity index (χ1) is 8.31. The smallest absolute Gasteiger partial charge is 0.145 e. The maximum absolute atomic E-state index is 12.1. The average Bonchev–Trinajstić information content (AvgIpc) is 2.40. The molecule has 1 unspecified atom stereocenters. The van der Waals surface area contributed by atoms with Gasteiger partial charge >= 0.3 is 0 Å². The van der Waals surface area contributed by atoms with Crippen LogP contribution in [-0.2, 0) is 16.6 Å². The topological polar surface area (TPSA) is 53.8 Å². The molecule has 2 rings (SSSR count). The van der Waals surface area contributed by atoms with Crippen LogP contribution in [0, 0.1) is 11.3 Å². The van der Waals surface area contributed by atoms with Gasteiger partial charge in [0.2, 0.25) is 0 Å². The molecule has 0 aliphatic heterocycles. The summed E-state index contributed by atoms with van der Waals surface area (Å²) in [7, 11) is -1.28. The second-order valence-corrected chi connectivity index (χ2v) is 4.81. The van der Waals surface area contributed by atoms with Crippen molar-refractivity contribution in [2.75, 3.05) is 0 Å². The summed E-state index contributed by atoms with van der Waals surface area (Å²) in [5.74, 6) is 0.381. The average molecular weight is 242 g/mol. The molecule has 1 atom stereocenters. The molecule has 0 radical (unpaired) electrons. The fourth-order valence-electron chi connectivity index (χ4n) is 1.45. The molecule has 17 heavy (non-hydrogen) atoms. The molecular formula is C13H10N2OS. The number of hydrogen-bond acceptors (Lipinski definition) is 3. The van der Waals surface area contributed by atoms with Crippen molar-refractivity contribution in [3.05, 3.63) is 59.8 Å². The summed E-state index contributed by atoms with van der Waals surface area (Å²) in [5.41, 5.74) is 1.35. The Labute approximate surface area is 102 Å². The fraction of sp³-hybridized carbons (Fsp3) is 0.0769. The van der Waals surface area contributed by atoms with Gasteiger partial charge in [-0.3, -0.25) is 4.21 Å². The van der Waals surface area contributed by atoms with E-state index in [2.05, 4.69) is 4.98 Å². The van der Waals surface area contributed by atoms with Crippen LogP contribution in [0.25, 0.3) is 0 Å². The van der Waals surface area contributed by atoms with Gasteiger partial charge in [0.25, 0.3) is 0 Å². The van der Waals surface area contributed by atoms with Gasteiger partial charge < -0.3 is 0 Å². The first-order valence-electron chi connectivity index (χ1n) is 5.08. The summed E-state index contributed by atoms with van der Waals surface area (Å²) in [6.07, 6.45) is 1.55. The van der Waals surface area contributed by atoms with Gasteiger partial charge in [-0.15, -0.1) is 0 Å². The van der Waals surface area contributed by atoms with Crippen LogP contribution in [0.3, 0.4) is 0 Å². The lowest BCUT2D eigenvalue weighted by Crippen LogP contribution is -2.01. The normalized spacial score (nSPS) is 11.7. The zero-order valence-electron chi connectivity index (χ0n) is 9.04. The minimum Gasteiger partial charge on any atom is -0.252 e. The predicted molar refractivity (Wildman–Crippen MR) is 65.5 cm³/mol. The highest BCUT2D eigenvalue weighted by Crippen LogP contribution is 2.13. The molecule has 0 aliphatic carbocycles. The zero-order valence-corrected chi connectivity index (χ0v) is 9.85. The Morgan fingerprint density at radius 1 is 1.18 bits per heavy atom. The molecular weight excluding hydrogens is 232 g/mol. The van der Waals surface area contributed by atoms with Gasteiger partial charge in [0.15, 0.2) is 0 Å². The van der Waals surface area contributed by atoms with Crippen LogP contribution >= 0.6 is 0 Å². The third kappa shape index (κ3) is 2.77. The summed E-state index contributed by atoms with van der Waals surface area (Å²) < 4.78 is 12.1. The minimum atomic E-state index is -1.28. The molecule has 1 aromatic carbocycles. The van der Waals surface area contributed by atoms with Gasteiger partial charge in [-0.25, -0.2) is 4.98 Å². The van der Waals surface area contributed by atoms with Crippen molar-refractivity contribution < 1.29 is 4.21 Å². The number of nitriles is 1. The van der Waals surface area contributed by atoms with Gasteiger partial charge in [0.1, 0.15) is 11.1 Å². The first kappa shape index (κ1) is 11.5. The Bertz CT molecular complexity index is 575. The summed E-state index contributed by atoms with van der Waals surface area (Å²) in [6, 6.07) is 14.8. The molecule has 3 nitrogen and oxygen atoms in total. The third-order valence-corrected chi connectivity index (χ3v) is 3.60. The molecule has 4 heteroatoms. The number of hydrogen-bond donors (Lipinski definition) is 0. The molecule has 0 spiro atoms. The van der Waals surface area contributed by atoms with Gasteiger partial charge in [0, 0.05) is 6.20 Å².